The summed E-state index contributed by atoms with van der Waals surface area (Å²) in [6, 6.07) is 5.53. The third-order valence-electron chi connectivity index (χ3n) is 2.04. The number of rotatable bonds is 5. The normalized spacial score (nSPS) is 9.39. The smallest absolute Gasteiger partial charge is 0.336 e. The topological polar surface area (TPSA) is 59.3 Å². The lowest BCUT2D eigenvalue weighted by molar-refractivity contribution is -0.138. The van der Waals surface area contributed by atoms with E-state index < -0.39 is 11.8 Å². The molecular formula is C13H12FNO3. The first-order chi connectivity index (χ1) is 8.58. The minimum atomic E-state index is -0.670. The molecule has 1 rings (SSSR count). The quantitative estimate of drug-likeness (QED) is 0.593. The van der Waals surface area contributed by atoms with Gasteiger partial charge in [0, 0.05) is 6.07 Å². The van der Waals surface area contributed by atoms with Crippen LogP contribution in [0.25, 0.3) is 0 Å². The van der Waals surface area contributed by atoms with E-state index in [0.29, 0.717) is 0 Å². The summed E-state index contributed by atoms with van der Waals surface area (Å²) in [6.07, 6.45) is 0. The molecule has 0 aliphatic carbocycles. The summed E-state index contributed by atoms with van der Waals surface area (Å²) in [4.78, 5) is 11.2. The van der Waals surface area contributed by atoms with Crippen molar-refractivity contribution < 1.29 is 18.7 Å². The Morgan fingerprint density at radius 3 is 2.83 bits per heavy atom. The van der Waals surface area contributed by atoms with E-state index in [1.165, 1.54) is 12.1 Å². The van der Waals surface area contributed by atoms with Crippen LogP contribution < -0.4 is 4.74 Å². The van der Waals surface area contributed by atoms with Crippen LogP contribution in [-0.2, 0) is 9.53 Å². The highest BCUT2D eigenvalue weighted by atomic mass is 19.1. The van der Waals surface area contributed by atoms with Crippen molar-refractivity contribution in [3.8, 4) is 11.8 Å². The van der Waals surface area contributed by atoms with Crippen LogP contribution in [0, 0.1) is 17.1 Å². The van der Waals surface area contributed by atoms with Crippen LogP contribution in [0.5, 0.6) is 5.75 Å². The van der Waals surface area contributed by atoms with Gasteiger partial charge in [0.05, 0.1) is 17.7 Å². The maximum atomic E-state index is 13.2. The van der Waals surface area contributed by atoms with Gasteiger partial charge in [-0.25, -0.2) is 9.18 Å². The Balaban J connectivity index is 2.59. The van der Waals surface area contributed by atoms with Gasteiger partial charge in [0.1, 0.15) is 24.2 Å². The standard InChI is InChI=1S/C13H12FNO3/c1-3-17-13(16)9(2)8-18-11-5-4-10(7-15)12(14)6-11/h4-6H,2-3,8H2,1H3. The lowest BCUT2D eigenvalue weighted by Gasteiger charge is -2.08. The van der Waals surface area contributed by atoms with Crippen molar-refractivity contribution in [1.29, 1.82) is 5.26 Å². The number of hydrogen-bond acceptors (Lipinski definition) is 4. The van der Waals surface area contributed by atoms with E-state index in [4.69, 9.17) is 14.7 Å². The predicted molar refractivity (Wildman–Crippen MR) is 62.4 cm³/mol. The molecule has 5 heteroatoms. The SMILES string of the molecule is C=C(COc1ccc(C#N)c(F)c1)C(=O)OCC. The summed E-state index contributed by atoms with van der Waals surface area (Å²) in [6.45, 7) is 5.34. The fourth-order valence-electron chi connectivity index (χ4n) is 1.14. The maximum absolute atomic E-state index is 13.2. The molecule has 1 aromatic rings. The Morgan fingerprint density at radius 1 is 1.56 bits per heavy atom. The number of nitrogens with zero attached hydrogens (tertiary/aromatic N) is 1. The Labute approximate surface area is 104 Å². The first-order valence-corrected chi connectivity index (χ1v) is 5.25. The second-order valence-corrected chi connectivity index (χ2v) is 3.37. The molecule has 0 aromatic heterocycles. The van der Waals surface area contributed by atoms with Crippen LogP contribution in [0.15, 0.2) is 30.4 Å². The van der Waals surface area contributed by atoms with E-state index in [1.54, 1.807) is 13.0 Å². The number of ether oxygens (including phenoxy) is 2. The molecule has 0 saturated carbocycles. The predicted octanol–water partition coefficient (Wildman–Crippen LogP) is 2.20. The van der Waals surface area contributed by atoms with Crippen molar-refractivity contribution in [3.63, 3.8) is 0 Å². The van der Waals surface area contributed by atoms with Gasteiger partial charge in [0.25, 0.3) is 0 Å². The number of carbonyl (C=O) groups is 1. The van der Waals surface area contributed by atoms with Crippen molar-refractivity contribution in [2.45, 2.75) is 6.92 Å². The van der Waals surface area contributed by atoms with Gasteiger partial charge in [-0.1, -0.05) is 6.58 Å². The zero-order chi connectivity index (χ0) is 13.5. The van der Waals surface area contributed by atoms with E-state index in [2.05, 4.69) is 6.58 Å². The lowest BCUT2D eigenvalue weighted by atomic mass is 10.2. The van der Waals surface area contributed by atoms with Gasteiger partial charge in [0.15, 0.2) is 0 Å². The molecule has 0 spiro atoms. The molecule has 0 bridgehead atoms. The van der Waals surface area contributed by atoms with E-state index in [1.807, 2.05) is 0 Å². The largest absolute Gasteiger partial charge is 0.489 e. The molecule has 0 radical (unpaired) electrons. The fraction of sp³-hybridized carbons (Fsp3) is 0.231. The summed E-state index contributed by atoms with van der Waals surface area (Å²) in [5, 5.41) is 8.55. The van der Waals surface area contributed by atoms with Crippen molar-refractivity contribution in [3.05, 3.63) is 41.7 Å². The Bertz CT molecular complexity index is 505. The molecule has 18 heavy (non-hydrogen) atoms. The van der Waals surface area contributed by atoms with Crippen molar-refractivity contribution >= 4 is 5.97 Å². The summed E-state index contributed by atoms with van der Waals surface area (Å²) in [5.74, 6) is -1.000. The third-order valence-corrected chi connectivity index (χ3v) is 2.04. The number of hydrogen-bond donors (Lipinski definition) is 0. The number of esters is 1. The van der Waals surface area contributed by atoms with Gasteiger partial charge < -0.3 is 9.47 Å². The minimum absolute atomic E-state index is 0.0634. The molecule has 0 heterocycles. The first kappa shape index (κ1) is 13.7. The Morgan fingerprint density at radius 2 is 2.28 bits per heavy atom. The molecule has 0 aliphatic heterocycles. The fourth-order valence-corrected chi connectivity index (χ4v) is 1.14. The molecule has 4 nitrogen and oxygen atoms in total. The highest BCUT2D eigenvalue weighted by Gasteiger charge is 2.09. The number of benzene rings is 1. The van der Waals surface area contributed by atoms with Crippen molar-refractivity contribution in [2.75, 3.05) is 13.2 Å². The zero-order valence-electron chi connectivity index (χ0n) is 9.90. The Kier molecular flexibility index (Phi) is 4.88. The molecule has 0 saturated heterocycles. The molecule has 0 N–H and O–H groups in total. The summed E-state index contributed by atoms with van der Waals surface area (Å²) >= 11 is 0. The van der Waals surface area contributed by atoms with Crippen molar-refractivity contribution in [2.24, 2.45) is 0 Å². The third kappa shape index (κ3) is 3.59. The number of carbonyl (C=O) groups excluding carboxylic acids is 1. The van der Waals surface area contributed by atoms with E-state index in [9.17, 15) is 9.18 Å². The Hall–Kier alpha value is -2.35. The average molecular weight is 249 g/mol. The van der Waals surface area contributed by atoms with Crippen LogP contribution in [-0.4, -0.2) is 19.2 Å². The minimum Gasteiger partial charge on any atom is -0.489 e. The first-order valence-electron chi connectivity index (χ1n) is 5.25. The van der Waals surface area contributed by atoms with Crippen LogP contribution in [0.3, 0.4) is 0 Å². The van der Waals surface area contributed by atoms with Gasteiger partial charge in [-0.3, -0.25) is 0 Å². The molecule has 0 atom stereocenters. The molecular weight excluding hydrogens is 237 g/mol. The van der Waals surface area contributed by atoms with Crippen LogP contribution in [0.1, 0.15) is 12.5 Å². The van der Waals surface area contributed by atoms with Crippen LogP contribution in [0.2, 0.25) is 0 Å². The monoisotopic (exact) mass is 249 g/mol. The van der Waals surface area contributed by atoms with Gasteiger partial charge >= 0.3 is 5.97 Å². The molecule has 0 unspecified atom stereocenters. The summed E-state index contributed by atoms with van der Waals surface area (Å²) in [5.41, 5.74) is 0.0770. The van der Waals surface area contributed by atoms with Crippen molar-refractivity contribution in [1.82, 2.24) is 0 Å². The molecule has 94 valence electrons. The highest BCUT2D eigenvalue weighted by Crippen LogP contribution is 2.16. The summed E-state index contributed by atoms with van der Waals surface area (Å²) < 4.78 is 23.1. The lowest BCUT2D eigenvalue weighted by Crippen LogP contribution is -2.13. The number of halogens is 1. The van der Waals surface area contributed by atoms with Gasteiger partial charge in [-0.15, -0.1) is 0 Å². The van der Waals surface area contributed by atoms with Gasteiger partial charge in [0.2, 0.25) is 0 Å². The van der Waals surface area contributed by atoms with E-state index in [-0.39, 0.29) is 30.1 Å². The highest BCUT2D eigenvalue weighted by molar-refractivity contribution is 5.88. The van der Waals surface area contributed by atoms with E-state index >= 15 is 0 Å². The molecule has 1 aromatic carbocycles. The molecule has 0 aliphatic rings. The average Bonchev–Trinajstić information content (AvgIpc) is 2.36. The second kappa shape index (κ2) is 6.40. The van der Waals surface area contributed by atoms with Gasteiger partial charge in [-0.2, -0.15) is 5.26 Å². The second-order valence-electron chi connectivity index (χ2n) is 3.37. The summed E-state index contributed by atoms with van der Waals surface area (Å²) in [7, 11) is 0. The molecule has 0 amide bonds. The van der Waals surface area contributed by atoms with Crippen LogP contribution in [0.4, 0.5) is 4.39 Å². The van der Waals surface area contributed by atoms with Crippen LogP contribution >= 0.6 is 0 Å². The van der Waals surface area contributed by atoms with E-state index in [0.717, 1.165) is 6.07 Å². The number of nitriles is 1. The van der Waals surface area contributed by atoms with Gasteiger partial charge in [-0.05, 0) is 19.1 Å². The molecule has 0 fully saturated rings. The zero-order valence-corrected chi connectivity index (χ0v) is 9.90. The maximum Gasteiger partial charge on any atom is 0.336 e.